The van der Waals surface area contributed by atoms with Crippen molar-refractivity contribution in [2.45, 2.75) is 19.8 Å². The smallest absolute Gasteiger partial charge is 0.240 e. The van der Waals surface area contributed by atoms with Crippen LogP contribution in [0.15, 0.2) is 42.5 Å². The van der Waals surface area contributed by atoms with Crippen LogP contribution in [0.25, 0.3) is 0 Å². The Morgan fingerprint density at radius 3 is 2.28 bits per heavy atom. The molecule has 0 saturated heterocycles. The minimum atomic E-state index is -1.02. The third kappa shape index (κ3) is 3.46. The van der Waals surface area contributed by atoms with E-state index in [0.29, 0.717) is 35.0 Å². The van der Waals surface area contributed by atoms with Crippen molar-refractivity contribution in [1.29, 1.82) is 0 Å². The van der Waals surface area contributed by atoms with Gasteiger partial charge in [-0.15, -0.1) is 0 Å². The molecule has 0 heterocycles. The van der Waals surface area contributed by atoms with Gasteiger partial charge in [-0.2, -0.15) is 0 Å². The molecule has 1 saturated carbocycles. The zero-order chi connectivity index (χ0) is 18.0. The van der Waals surface area contributed by atoms with Crippen LogP contribution in [0.5, 0.6) is 5.75 Å². The zero-order valence-corrected chi connectivity index (χ0v) is 14.8. The Balaban J connectivity index is 1.71. The quantitative estimate of drug-likeness (QED) is 0.793. The second kappa shape index (κ2) is 6.76. The summed E-state index contributed by atoms with van der Waals surface area (Å²) in [6.45, 7) is 1.83. The van der Waals surface area contributed by atoms with Gasteiger partial charge in [0.1, 0.15) is 11.2 Å². The lowest BCUT2D eigenvalue weighted by atomic mass is 10.0. The highest BCUT2D eigenvalue weighted by atomic mass is 35.5. The first-order valence-corrected chi connectivity index (χ1v) is 8.36. The summed E-state index contributed by atoms with van der Waals surface area (Å²) in [5, 5.41) is 6.22. The summed E-state index contributed by atoms with van der Waals surface area (Å²) in [5.41, 5.74) is 1.02. The highest BCUT2D eigenvalue weighted by molar-refractivity contribution is 6.31. The topological polar surface area (TPSA) is 67.4 Å². The van der Waals surface area contributed by atoms with Gasteiger partial charge >= 0.3 is 0 Å². The van der Waals surface area contributed by atoms with E-state index in [4.69, 9.17) is 16.3 Å². The highest BCUT2D eigenvalue weighted by Crippen LogP contribution is 2.47. The maximum Gasteiger partial charge on any atom is 0.240 e. The summed E-state index contributed by atoms with van der Waals surface area (Å²) >= 11 is 6.08. The number of halogens is 1. The lowest BCUT2D eigenvalue weighted by Crippen LogP contribution is -2.35. The molecule has 25 heavy (non-hydrogen) atoms. The Morgan fingerprint density at radius 1 is 1.04 bits per heavy atom. The van der Waals surface area contributed by atoms with E-state index in [9.17, 15) is 9.59 Å². The van der Waals surface area contributed by atoms with E-state index in [1.54, 1.807) is 49.6 Å². The van der Waals surface area contributed by atoms with E-state index in [1.165, 1.54) is 0 Å². The van der Waals surface area contributed by atoms with Crippen molar-refractivity contribution in [1.82, 2.24) is 0 Å². The Labute approximate surface area is 151 Å². The van der Waals surface area contributed by atoms with Crippen molar-refractivity contribution >= 4 is 34.8 Å². The first-order chi connectivity index (χ1) is 12.0. The normalized spacial score (nSPS) is 14.5. The van der Waals surface area contributed by atoms with Gasteiger partial charge in [-0.25, -0.2) is 0 Å². The van der Waals surface area contributed by atoms with E-state index >= 15 is 0 Å². The second-order valence-corrected chi connectivity index (χ2v) is 6.54. The first kappa shape index (κ1) is 17.3. The third-order valence-corrected chi connectivity index (χ3v) is 4.89. The fraction of sp³-hybridized carbons (Fsp3) is 0.263. The van der Waals surface area contributed by atoms with Crippen LogP contribution >= 0.6 is 11.6 Å². The van der Waals surface area contributed by atoms with Crippen molar-refractivity contribution in [3.63, 3.8) is 0 Å². The molecule has 0 bridgehead atoms. The van der Waals surface area contributed by atoms with Crippen molar-refractivity contribution in [2.75, 3.05) is 17.7 Å². The predicted molar refractivity (Wildman–Crippen MR) is 98.1 cm³/mol. The average Bonchev–Trinajstić information content (AvgIpc) is 3.41. The van der Waals surface area contributed by atoms with Crippen molar-refractivity contribution in [3.8, 4) is 5.75 Å². The number of anilines is 2. The molecule has 2 aromatic carbocycles. The average molecular weight is 359 g/mol. The number of rotatable bonds is 5. The number of benzene rings is 2. The van der Waals surface area contributed by atoms with Crippen LogP contribution in [0.4, 0.5) is 11.4 Å². The van der Waals surface area contributed by atoms with Gasteiger partial charge in [-0.05, 0) is 61.7 Å². The molecule has 0 spiro atoms. The van der Waals surface area contributed by atoms with Gasteiger partial charge < -0.3 is 15.4 Å². The molecule has 2 amide bonds. The zero-order valence-electron chi connectivity index (χ0n) is 14.1. The van der Waals surface area contributed by atoms with E-state index in [1.807, 2.05) is 6.92 Å². The molecule has 6 heteroatoms. The summed E-state index contributed by atoms with van der Waals surface area (Å²) in [5.74, 6) is 0.104. The van der Waals surface area contributed by atoms with Gasteiger partial charge in [0.2, 0.25) is 11.8 Å². The molecule has 0 atom stereocenters. The van der Waals surface area contributed by atoms with Gasteiger partial charge in [-0.1, -0.05) is 17.7 Å². The van der Waals surface area contributed by atoms with Crippen LogP contribution in [-0.4, -0.2) is 18.9 Å². The first-order valence-electron chi connectivity index (χ1n) is 7.98. The molecule has 2 N–H and O–H groups in total. The van der Waals surface area contributed by atoms with Gasteiger partial charge in [0.05, 0.1) is 7.11 Å². The number of hydrogen-bond donors (Lipinski definition) is 2. The van der Waals surface area contributed by atoms with Gasteiger partial charge in [-0.3, -0.25) is 9.59 Å². The van der Waals surface area contributed by atoms with E-state index in [2.05, 4.69) is 10.6 Å². The second-order valence-electron chi connectivity index (χ2n) is 6.13. The minimum Gasteiger partial charge on any atom is -0.497 e. The number of ether oxygens (including phenoxy) is 1. The van der Waals surface area contributed by atoms with Crippen molar-refractivity contribution in [2.24, 2.45) is 5.41 Å². The Morgan fingerprint density at radius 2 is 1.68 bits per heavy atom. The van der Waals surface area contributed by atoms with Crippen molar-refractivity contribution in [3.05, 3.63) is 53.1 Å². The summed E-state index contributed by atoms with van der Waals surface area (Å²) in [6.07, 6.45) is 1.06. The van der Waals surface area contributed by atoms with Gasteiger partial charge in [0.15, 0.2) is 0 Å². The molecule has 0 unspecified atom stereocenters. The lowest BCUT2D eigenvalue weighted by molar-refractivity contribution is -0.131. The van der Waals surface area contributed by atoms with Crippen LogP contribution in [0.1, 0.15) is 18.4 Å². The summed E-state index contributed by atoms with van der Waals surface area (Å²) in [7, 11) is 1.58. The van der Waals surface area contributed by atoms with Gasteiger partial charge in [0.25, 0.3) is 0 Å². The molecule has 2 aromatic rings. The molecule has 1 fully saturated rings. The number of hydrogen-bond acceptors (Lipinski definition) is 3. The minimum absolute atomic E-state index is 0.296. The number of carbonyl (C=O) groups excluding carboxylic acids is 2. The number of nitrogens with one attached hydrogen (secondary N) is 2. The van der Waals surface area contributed by atoms with E-state index in [-0.39, 0.29) is 11.8 Å². The molecule has 0 aromatic heterocycles. The third-order valence-electron chi connectivity index (χ3n) is 4.48. The molecule has 130 valence electrons. The Bertz CT molecular complexity index is 814. The fourth-order valence-corrected chi connectivity index (χ4v) is 2.77. The standard InChI is InChI=1S/C19H19ClN2O3/c1-12-15(20)4-3-5-16(12)22-18(24)19(10-11-19)17(23)21-13-6-8-14(25-2)9-7-13/h3-9H,10-11H2,1-2H3,(H,21,23)(H,22,24). The molecule has 0 radical (unpaired) electrons. The molecular weight excluding hydrogens is 340 g/mol. The molecule has 5 nitrogen and oxygen atoms in total. The number of carbonyl (C=O) groups is 2. The monoisotopic (exact) mass is 358 g/mol. The maximum absolute atomic E-state index is 12.7. The van der Waals surface area contributed by atoms with Crippen LogP contribution in [0.2, 0.25) is 5.02 Å². The van der Waals surface area contributed by atoms with Crippen molar-refractivity contribution < 1.29 is 14.3 Å². The van der Waals surface area contributed by atoms with Crippen LogP contribution < -0.4 is 15.4 Å². The van der Waals surface area contributed by atoms with Crippen LogP contribution in [0.3, 0.4) is 0 Å². The Kier molecular flexibility index (Phi) is 4.68. The SMILES string of the molecule is COc1ccc(NC(=O)C2(C(=O)Nc3cccc(Cl)c3C)CC2)cc1. The summed E-state index contributed by atoms with van der Waals surface area (Å²) in [4.78, 5) is 25.3. The molecule has 0 aliphatic heterocycles. The largest absolute Gasteiger partial charge is 0.497 e. The van der Waals surface area contributed by atoms with E-state index < -0.39 is 5.41 Å². The summed E-state index contributed by atoms with van der Waals surface area (Å²) < 4.78 is 5.09. The predicted octanol–water partition coefficient (Wildman–Crippen LogP) is 4.01. The van der Waals surface area contributed by atoms with Gasteiger partial charge in [0, 0.05) is 16.4 Å². The van der Waals surface area contributed by atoms with Crippen LogP contribution in [-0.2, 0) is 9.59 Å². The lowest BCUT2D eigenvalue weighted by Gasteiger charge is -2.17. The fourth-order valence-electron chi connectivity index (χ4n) is 2.59. The maximum atomic E-state index is 12.7. The molecule has 1 aliphatic rings. The van der Waals surface area contributed by atoms with E-state index in [0.717, 1.165) is 5.56 Å². The number of methoxy groups -OCH3 is 1. The highest BCUT2D eigenvalue weighted by Gasteiger charge is 2.56. The Hall–Kier alpha value is -2.53. The molecule has 3 rings (SSSR count). The summed E-state index contributed by atoms with van der Waals surface area (Å²) in [6, 6.07) is 12.3. The van der Waals surface area contributed by atoms with Crippen LogP contribution in [0, 0.1) is 12.3 Å². The number of amides is 2. The molecular formula is C19H19ClN2O3. The molecule has 1 aliphatic carbocycles.